The van der Waals surface area contributed by atoms with Crippen molar-refractivity contribution < 1.29 is 14.3 Å². The first-order valence-electron chi connectivity index (χ1n) is 8.55. The van der Waals surface area contributed by atoms with Gasteiger partial charge in [-0.15, -0.1) is 0 Å². The number of benzene rings is 1. The number of amides is 3. The second-order valence-corrected chi connectivity index (χ2v) is 5.72. The lowest BCUT2D eigenvalue weighted by molar-refractivity contribution is 0.0958. The van der Waals surface area contributed by atoms with Gasteiger partial charge in [0.1, 0.15) is 23.0 Å². The van der Waals surface area contributed by atoms with Crippen molar-refractivity contribution in [1.29, 1.82) is 0 Å². The second-order valence-electron chi connectivity index (χ2n) is 5.72. The molecule has 1 aromatic carbocycles. The topological polar surface area (TPSA) is 105 Å². The molecule has 28 heavy (non-hydrogen) atoms. The Balaban J connectivity index is 1.53. The molecule has 0 saturated carbocycles. The number of hydrogen-bond donors (Lipinski definition) is 3. The molecule has 0 aliphatic carbocycles. The van der Waals surface area contributed by atoms with E-state index in [0.29, 0.717) is 23.9 Å². The van der Waals surface area contributed by atoms with Crippen molar-refractivity contribution in [2.24, 2.45) is 0 Å². The molecule has 0 atom stereocenters. The summed E-state index contributed by atoms with van der Waals surface area (Å²) < 4.78 is 5.75. The normalized spacial score (nSPS) is 10.0. The predicted molar refractivity (Wildman–Crippen MR) is 104 cm³/mol. The fourth-order valence-corrected chi connectivity index (χ4v) is 2.32. The van der Waals surface area contributed by atoms with E-state index in [4.69, 9.17) is 4.74 Å². The Morgan fingerprint density at radius 1 is 0.964 bits per heavy atom. The summed E-state index contributed by atoms with van der Waals surface area (Å²) in [4.78, 5) is 31.5. The monoisotopic (exact) mass is 377 g/mol. The van der Waals surface area contributed by atoms with Gasteiger partial charge in [-0.05, 0) is 35.9 Å². The van der Waals surface area contributed by atoms with Crippen LogP contribution in [-0.2, 0) is 6.54 Å². The van der Waals surface area contributed by atoms with Crippen LogP contribution < -0.4 is 20.7 Å². The maximum Gasteiger partial charge on any atom is 0.320 e. The van der Waals surface area contributed by atoms with Crippen LogP contribution in [0.4, 0.5) is 10.6 Å². The number of urea groups is 1. The van der Waals surface area contributed by atoms with Crippen LogP contribution in [0.1, 0.15) is 16.1 Å². The van der Waals surface area contributed by atoms with Gasteiger partial charge in [0.25, 0.3) is 5.91 Å². The van der Waals surface area contributed by atoms with Crippen molar-refractivity contribution >= 4 is 17.8 Å². The number of carbonyl (C=O) groups is 2. The maximum absolute atomic E-state index is 11.9. The summed E-state index contributed by atoms with van der Waals surface area (Å²) in [7, 11) is 1.54. The van der Waals surface area contributed by atoms with Gasteiger partial charge >= 0.3 is 6.03 Å². The number of pyridine rings is 2. The average Bonchev–Trinajstić information content (AvgIpc) is 2.73. The standard InChI is InChI=1S/C20H19N5O3/c1-21-19(26)17-12-16(9-11-22-17)28-15-7-5-14(6-8-15)13-24-20(27)25-18-4-2-3-10-23-18/h2-12H,13H2,1H3,(H,21,26)(H2,23,24,25,27). The summed E-state index contributed by atoms with van der Waals surface area (Å²) in [5, 5.41) is 7.93. The first kappa shape index (κ1) is 18.8. The highest BCUT2D eigenvalue weighted by Crippen LogP contribution is 2.22. The molecule has 3 aromatic rings. The Hall–Kier alpha value is -3.94. The van der Waals surface area contributed by atoms with Crippen molar-refractivity contribution in [2.75, 3.05) is 12.4 Å². The smallest absolute Gasteiger partial charge is 0.320 e. The number of nitrogens with one attached hydrogen (secondary N) is 3. The van der Waals surface area contributed by atoms with Gasteiger partial charge < -0.3 is 15.4 Å². The van der Waals surface area contributed by atoms with Crippen molar-refractivity contribution in [1.82, 2.24) is 20.6 Å². The fourth-order valence-electron chi connectivity index (χ4n) is 2.32. The SMILES string of the molecule is CNC(=O)c1cc(Oc2ccc(CNC(=O)Nc3ccccn3)cc2)ccn1. The van der Waals surface area contributed by atoms with Crippen molar-refractivity contribution in [3.8, 4) is 11.5 Å². The number of nitrogens with zero attached hydrogens (tertiary/aromatic N) is 2. The van der Waals surface area contributed by atoms with Gasteiger partial charge in [-0.2, -0.15) is 0 Å². The summed E-state index contributed by atoms with van der Waals surface area (Å²) in [5.41, 5.74) is 1.18. The van der Waals surface area contributed by atoms with Crippen LogP contribution in [0.25, 0.3) is 0 Å². The lowest BCUT2D eigenvalue weighted by Gasteiger charge is -2.09. The highest BCUT2D eigenvalue weighted by atomic mass is 16.5. The molecule has 0 radical (unpaired) electrons. The van der Waals surface area contributed by atoms with Gasteiger partial charge in [0.05, 0.1) is 0 Å². The molecule has 0 aliphatic heterocycles. The zero-order valence-electron chi connectivity index (χ0n) is 15.2. The van der Waals surface area contributed by atoms with E-state index in [9.17, 15) is 9.59 Å². The molecule has 0 spiro atoms. The lowest BCUT2D eigenvalue weighted by Crippen LogP contribution is -2.28. The molecular formula is C20H19N5O3. The van der Waals surface area contributed by atoms with Gasteiger partial charge in [-0.1, -0.05) is 18.2 Å². The summed E-state index contributed by atoms with van der Waals surface area (Å²) in [6, 6.07) is 15.4. The van der Waals surface area contributed by atoms with Crippen molar-refractivity contribution in [3.63, 3.8) is 0 Å². The molecule has 0 saturated heterocycles. The minimum Gasteiger partial charge on any atom is -0.457 e. The quantitative estimate of drug-likeness (QED) is 0.612. The van der Waals surface area contributed by atoms with Gasteiger partial charge in [0.15, 0.2) is 0 Å². The molecule has 142 valence electrons. The van der Waals surface area contributed by atoms with Crippen LogP contribution in [0.15, 0.2) is 67.0 Å². The zero-order valence-corrected chi connectivity index (χ0v) is 15.2. The zero-order chi connectivity index (χ0) is 19.8. The van der Waals surface area contributed by atoms with Crippen LogP contribution in [0.5, 0.6) is 11.5 Å². The highest BCUT2D eigenvalue weighted by molar-refractivity contribution is 5.92. The summed E-state index contributed by atoms with van der Waals surface area (Å²) in [6.45, 7) is 0.356. The predicted octanol–water partition coefficient (Wildman–Crippen LogP) is 2.95. The molecule has 0 unspecified atom stereocenters. The van der Waals surface area contributed by atoms with Gasteiger partial charge in [0.2, 0.25) is 0 Å². The Labute approximate surface area is 162 Å². The lowest BCUT2D eigenvalue weighted by atomic mass is 10.2. The Kier molecular flexibility index (Phi) is 6.14. The van der Waals surface area contributed by atoms with Gasteiger partial charge in [-0.25, -0.2) is 9.78 Å². The average molecular weight is 377 g/mol. The van der Waals surface area contributed by atoms with Crippen LogP contribution in [0.3, 0.4) is 0 Å². The molecule has 8 nitrogen and oxygen atoms in total. The number of ether oxygens (including phenoxy) is 1. The third-order valence-corrected chi connectivity index (χ3v) is 3.71. The van der Waals surface area contributed by atoms with E-state index >= 15 is 0 Å². The molecule has 3 N–H and O–H groups in total. The van der Waals surface area contributed by atoms with E-state index < -0.39 is 0 Å². The first-order valence-corrected chi connectivity index (χ1v) is 8.55. The number of aromatic nitrogens is 2. The number of anilines is 1. The number of carbonyl (C=O) groups excluding carboxylic acids is 2. The Morgan fingerprint density at radius 3 is 2.50 bits per heavy atom. The van der Waals surface area contributed by atoms with Crippen LogP contribution in [-0.4, -0.2) is 29.0 Å². The van der Waals surface area contributed by atoms with E-state index in [1.54, 1.807) is 55.7 Å². The number of rotatable bonds is 6. The first-order chi connectivity index (χ1) is 13.6. The molecule has 2 heterocycles. The maximum atomic E-state index is 11.9. The van der Waals surface area contributed by atoms with E-state index in [2.05, 4.69) is 25.9 Å². The van der Waals surface area contributed by atoms with E-state index in [1.165, 1.54) is 6.20 Å². The van der Waals surface area contributed by atoms with Crippen molar-refractivity contribution in [2.45, 2.75) is 6.54 Å². The van der Waals surface area contributed by atoms with Crippen LogP contribution in [0, 0.1) is 0 Å². The highest BCUT2D eigenvalue weighted by Gasteiger charge is 2.07. The Bertz CT molecular complexity index is 946. The molecule has 8 heteroatoms. The summed E-state index contributed by atoms with van der Waals surface area (Å²) in [5.74, 6) is 1.32. The van der Waals surface area contributed by atoms with Gasteiger partial charge in [-0.3, -0.25) is 15.1 Å². The van der Waals surface area contributed by atoms with E-state index in [1.807, 2.05) is 12.1 Å². The second kappa shape index (κ2) is 9.13. The minimum atomic E-state index is -0.336. The van der Waals surface area contributed by atoms with Crippen LogP contribution >= 0.6 is 0 Å². The molecule has 0 aliphatic rings. The molecule has 3 amide bonds. The fraction of sp³-hybridized carbons (Fsp3) is 0.100. The van der Waals surface area contributed by atoms with E-state index in [0.717, 1.165) is 5.56 Å². The third kappa shape index (κ3) is 5.28. The van der Waals surface area contributed by atoms with Crippen molar-refractivity contribution in [3.05, 3.63) is 78.2 Å². The van der Waals surface area contributed by atoms with Gasteiger partial charge in [0, 0.05) is 32.1 Å². The minimum absolute atomic E-state index is 0.278. The van der Waals surface area contributed by atoms with E-state index in [-0.39, 0.29) is 17.6 Å². The summed E-state index contributed by atoms with van der Waals surface area (Å²) in [6.07, 6.45) is 3.12. The third-order valence-electron chi connectivity index (χ3n) is 3.71. The summed E-state index contributed by atoms with van der Waals surface area (Å²) >= 11 is 0. The largest absolute Gasteiger partial charge is 0.457 e. The molecule has 0 bridgehead atoms. The molecule has 3 rings (SSSR count). The Morgan fingerprint density at radius 2 is 1.79 bits per heavy atom. The molecule has 2 aromatic heterocycles. The molecule has 0 fully saturated rings. The molecular weight excluding hydrogens is 358 g/mol. The number of hydrogen-bond acceptors (Lipinski definition) is 5. The van der Waals surface area contributed by atoms with Crippen LogP contribution in [0.2, 0.25) is 0 Å².